The number of anilines is 3. The molecule has 2 aliphatic rings. The zero-order chi connectivity index (χ0) is 23.0. The molecule has 0 bridgehead atoms. The van der Waals surface area contributed by atoms with Gasteiger partial charge in [0, 0.05) is 43.3 Å². The number of hydrogen-bond acceptors (Lipinski definition) is 4. The Morgan fingerprint density at radius 3 is 2.61 bits per heavy atom. The molecule has 0 saturated carbocycles. The quantitative estimate of drug-likeness (QED) is 0.566. The van der Waals surface area contributed by atoms with Gasteiger partial charge in [-0.15, -0.1) is 0 Å². The van der Waals surface area contributed by atoms with E-state index in [2.05, 4.69) is 27.8 Å². The fraction of sp³-hybridized carbons (Fsp3) is 0.462. The zero-order valence-corrected chi connectivity index (χ0v) is 19.4. The lowest BCUT2D eigenvalue weighted by Crippen LogP contribution is -2.35. The fourth-order valence-electron chi connectivity index (χ4n) is 4.55. The Labute approximate surface area is 195 Å². The van der Waals surface area contributed by atoms with E-state index in [1.807, 2.05) is 36.4 Å². The van der Waals surface area contributed by atoms with Crippen molar-refractivity contribution in [1.29, 1.82) is 0 Å². The highest BCUT2D eigenvalue weighted by Crippen LogP contribution is 2.28. The molecular weight excluding hydrogens is 416 g/mol. The Balaban J connectivity index is 1.49. The first-order valence-electron chi connectivity index (χ1n) is 12.1. The average molecular weight is 451 g/mol. The van der Waals surface area contributed by atoms with Gasteiger partial charge >= 0.3 is 6.03 Å². The molecule has 7 nitrogen and oxygen atoms in total. The van der Waals surface area contributed by atoms with E-state index in [-0.39, 0.29) is 18.0 Å². The Morgan fingerprint density at radius 1 is 1.03 bits per heavy atom. The van der Waals surface area contributed by atoms with Crippen molar-refractivity contribution < 1.29 is 14.3 Å². The van der Waals surface area contributed by atoms with Gasteiger partial charge in [0.25, 0.3) is 5.91 Å². The summed E-state index contributed by atoms with van der Waals surface area (Å²) in [5.74, 6) is -0.133. The van der Waals surface area contributed by atoms with Gasteiger partial charge in [-0.05, 0) is 68.4 Å². The van der Waals surface area contributed by atoms with Crippen LogP contribution in [0.4, 0.5) is 21.9 Å². The summed E-state index contributed by atoms with van der Waals surface area (Å²) in [6, 6.07) is 13.0. The number of para-hydroxylation sites is 1. The third kappa shape index (κ3) is 6.05. The molecule has 176 valence electrons. The smallest absolute Gasteiger partial charge is 0.323 e. The molecule has 0 aromatic heterocycles. The number of carbonyl (C=O) groups excluding carboxylic acids is 2. The first-order chi connectivity index (χ1) is 16.1. The van der Waals surface area contributed by atoms with Crippen molar-refractivity contribution in [1.82, 2.24) is 5.32 Å². The molecule has 33 heavy (non-hydrogen) atoms. The van der Waals surface area contributed by atoms with Crippen molar-refractivity contribution >= 4 is 29.0 Å². The van der Waals surface area contributed by atoms with E-state index in [0.717, 1.165) is 68.7 Å². The number of amides is 3. The first-order valence-corrected chi connectivity index (χ1v) is 12.1. The van der Waals surface area contributed by atoms with Gasteiger partial charge in [-0.3, -0.25) is 4.79 Å². The number of carbonyl (C=O) groups is 2. The molecule has 4 rings (SSSR count). The second-order valence-corrected chi connectivity index (χ2v) is 8.71. The molecule has 2 aromatic rings. The number of hydrogen-bond donors (Lipinski definition) is 3. The summed E-state index contributed by atoms with van der Waals surface area (Å²) in [6.45, 7) is 5.19. The van der Waals surface area contributed by atoms with Crippen LogP contribution in [0.2, 0.25) is 0 Å². The minimum absolute atomic E-state index is 0.0816. The average Bonchev–Trinajstić information content (AvgIpc) is 3.37. The van der Waals surface area contributed by atoms with E-state index in [1.165, 1.54) is 6.42 Å². The Hall–Kier alpha value is -3.06. The van der Waals surface area contributed by atoms with E-state index >= 15 is 0 Å². The molecule has 2 heterocycles. The van der Waals surface area contributed by atoms with Crippen LogP contribution in [0.3, 0.4) is 0 Å². The van der Waals surface area contributed by atoms with Crippen molar-refractivity contribution in [3.8, 4) is 0 Å². The SMILES string of the molecule is CCc1ccccc1NC(=O)Nc1ccc(N2CCCCC2)c(C(=O)NCC2CCCO2)c1. The van der Waals surface area contributed by atoms with E-state index in [0.29, 0.717) is 17.8 Å². The van der Waals surface area contributed by atoms with Gasteiger partial charge in [0.15, 0.2) is 0 Å². The van der Waals surface area contributed by atoms with Crippen molar-refractivity contribution in [3.63, 3.8) is 0 Å². The van der Waals surface area contributed by atoms with E-state index in [9.17, 15) is 9.59 Å². The van der Waals surface area contributed by atoms with Crippen molar-refractivity contribution in [2.75, 3.05) is 41.8 Å². The van der Waals surface area contributed by atoms with Crippen molar-refractivity contribution in [2.45, 2.75) is 51.6 Å². The molecule has 3 amide bonds. The van der Waals surface area contributed by atoms with Crippen LogP contribution in [0.15, 0.2) is 42.5 Å². The lowest BCUT2D eigenvalue weighted by Gasteiger charge is -2.30. The molecule has 3 N–H and O–H groups in total. The van der Waals surface area contributed by atoms with Gasteiger partial charge in [-0.25, -0.2) is 4.79 Å². The fourth-order valence-corrected chi connectivity index (χ4v) is 4.55. The van der Waals surface area contributed by atoms with Crippen molar-refractivity contribution in [2.24, 2.45) is 0 Å². The predicted octanol–water partition coefficient (Wildman–Crippen LogP) is 4.79. The van der Waals surface area contributed by atoms with Crippen LogP contribution >= 0.6 is 0 Å². The molecule has 2 aromatic carbocycles. The molecule has 7 heteroatoms. The lowest BCUT2D eigenvalue weighted by molar-refractivity contribution is 0.0858. The number of aryl methyl sites for hydroxylation is 1. The molecule has 2 fully saturated rings. The standard InChI is InChI=1S/C26H34N4O3/c1-2-19-9-4-5-11-23(19)29-26(32)28-20-12-13-24(30-14-6-3-7-15-30)22(17-20)25(31)27-18-21-10-8-16-33-21/h4-5,9,11-13,17,21H,2-3,6-8,10,14-16,18H2,1H3,(H,27,31)(H2,28,29,32). The normalized spacial score (nSPS) is 18.1. The van der Waals surface area contributed by atoms with Gasteiger partial charge in [0.1, 0.15) is 0 Å². The van der Waals surface area contributed by atoms with Crippen LogP contribution in [0.1, 0.15) is 54.9 Å². The summed E-state index contributed by atoms with van der Waals surface area (Å²) in [4.78, 5) is 28.1. The maximum atomic E-state index is 13.2. The molecule has 1 atom stereocenters. The maximum Gasteiger partial charge on any atom is 0.323 e. The van der Waals surface area contributed by atoms with Gasteiger partial charge in [-0.1, -0.05) is 25.1 Å². The predicted molar refractivity (Wildman–Crippen MR) is 132 cm³/mol. The number of nitrogens with one attached hydrogen (secondary N) is 3. The summed E-state index contributed by atoms with van der Waals surface area (Å²) < 4.78 is 5.65. The van der Waals surface area contributed by atoms with Crippen LogP contribution in [-0.2, 0) is 11.2 Å². The summed E-state index contributed by atoms with van der Waals surface area (Å²) in [6.07, 6.45) is 6.38. The third-order valence-corrected chi connectivity index (χ3v) is 6.36. The first kappa shape index (κ1) is 23.1. The molecule has 0 aliphatic carbocycles. The third-order valence-electron chi connectivity index (χ3n) is 6.36. The monoisotopic (exact) mass is 450 g/mol. The highest BCUT2D eigenvalue weighted by atomic mass is 16.5. The van der Waals surface area contributed by atoms with Crippen LogP contribution in [0.5, 0.6) is 0 Å². The summed E-state index contributed by atoms with van der Waals surface area (Å²) in [5, 5.41) is 8.85. The van der Waals surface area contributed by atoms with E-state index in [4.69, 9.17) is 4.74 Å². The second-order valence-electron chi connectivity index (χ2n) is 8.71. The molecular formula is C26H34N4O3. The van der Waals surface area contributed by atoms with E-state index < -0.39 is 0 Å². The maximum absolute atomic E-state index is 13.2. The van der Waals surface area contributed by atoms with Crippen LogP contribution in [-0.4, -0.2) is 44.3 Å². The summed E-state index contributed by atoms with van der Waals surface area (Å²) in [5.41, 5.74) is 3.95. The van der Waals surface area contributed by atoms with Crippen LogP contribution < -0.4 is 20.9 Å². The Kier molecular flexibility index (Phi) is 7.83. The molecule has 2 saturated heterocycles. The van der Waals surface area contributed by atoms with Gasteiger partial charge in [0.2, 0.25) is 0 Å². The highest BCUT2D eigenvalue weighted by molar-refractivity contribution is 6.04. The van der Waals surface area contributed by atoms with Gasteiger partial charge in [-0.2, -0.15) is 0 Å². The number of urea groups is 1. The Bertz CT molecular complexity index is 966. The number of benzene rings is 2. The summed E-state index contributed by atoms with van der Waals surface area (Å²) in [7, 11) is 0. The largest absolute Gasteiger partial charge is 0.376 e. The minimum Gasteiger partial charge on any atom is -0.376 e. The summed E-state index contributed by atoms with van der Waals surface area (Å²) >= 11 is 0. The van der Waals surface area contributed by atoms with Crippen molar-refractivity contribution in [3.05, 3.63) is 53.6 Å². The molecule has 2 aliphatic heterocycles. The lowest BCUT2D eigenvalue weighted by atomic mass is 10.1. The molecule has 0 radical (unpaired) electrons. The molecule has 0 spiro atoms. The number of rotatable bonds is 7. The zero-order valence-electron chi connectivity index (χ0n) is 19.4. The Morgan fingerprint density at radius 2 is 1.85 bits per heavy atom. The van der Waals surface area contributed by atoms with E-state index in [1.54, 1.807) is 6.07 Å². The number of nitrogens with zero attached hydrogens (tertiary/aromatic N) is 1. The second kappa shape index (κ2) is 11.2. The topological polar surface area (TPSA) is 82.7 Å². The van der Waals surface area contributed by atoms with Crippen LogP contribution in [0.25, 0.3) is 0 Å². The van der Waals surface area contributed by atoms with Gasteiger partial charge in [0.05, 0.1) is 11.7 Å². The highest BCUT2D eigenvalue weighted by Gasteiger charge is 2.22. The van der Waals surface area contributed by atoms with Crippen LogP contribution in [0, 0.1) is 0 Å². The molecule has 1 unspecified atom stereocenters. The number of ether oxygens (including phenoxy) is 1. The van der Waals surface area contributed by atoms with Gasteiger partial charge < -0.3 is 25.6 Å². The number of piperidine rings is 1. The minimum atomic E-state index is -0.327.